The standard InChI is InChI=1S/C21H29N5O2/c27-19-17-15-4-5-16(14-15)18(17)20(28)26(19)9-2-1-8-24-10-12-25(13-11-24)21-22-6-3-7-23-21/h3,6-7,15-18H,1-2,4-5,8-14H2/t15-,16+,17-,18+/i3D,4D,5D,8D2,17D,18D/t4?,5?,15-,16+,17-,18+. The molecule has 2 unspecified atom stereocenters. The van der Waals surface area contributed by atoms with Crippen molar-refractivity contribution in [2.24, 2.45) is 23.6 Å². The second-order valence-corrected chi connectivity index (χ2v) is 7.64. The maximum atomic E-state index is 13.1. The van der Waals surface area contributed by atoms with Gasteiger partial charge in [0.05, 0.1) is 13.2 Å². The Kier molecular flexibility index (Phi) is 3.14. The molecule has 5 rings (SSSR count). The molecule has 0 spiro atoms. The van der Waals surface area contributed by atoms with E-state index in [-0.39, 0.29) is 31.8 Å². The van der Waals surface area contributed by atoms with Crippen LogP contribution in [0.15, 0.2) is 18.4 Å². The van der Waals surface area contributed by atoms with E-state index in [4.69, 9.17) is 9.60 Å². The summed E-state index contributed by atoms with van der Waals surface area (Å²) in [6.07, 6.45) is 1.42. The summed E-state index contributed by atoms with van der Waals surface area (Å²) in [4.78, 5) is 39.1. The van der Waals surface area contributed by atoms with Crippen molar-refractivity contribution in [3.63, 3.8) is 0 Å². The van der Waals surface area contributed by atoms with Crippen molar-refractivity contribution < 1.29 is 19.2 Å². The van der Waals surface area contributed by atoms with Crippen molar-refractivity contribution >= 4 is 17.8 Å². The van der Waals surface area contributed by atoms with Gasteiger partial charge in [-0.05, 0) is 56.4 Å². The fourth-order valence-corrected chi connectivity index (χ4v) is 4.62. The van der Waals surface area contributed by atoms with Crippen molar-refractivity contribution in [1.29, 1.82) is 0 Å². The van der Waals surface area contributed by atoms with E-state index >= 15 is 0 Å². The van der Waals surface area contributed by atoms with Crippen LogP contribution in [-0.4, -0.2) is 70.8 Å². The fourth-order valence-electron chi connectivity index (χ4n) is 4.62. The molecule has 28 heavy (non-hydrogen) atoms. The number of anilines is 1. The highest BCUT2D eigenvalue weighted by molar-refractivity contribution is 6.06. The summed E-state index contributed by atoms with van der Waals surface area (Å²) < 4.78 is 58.5. The van der Waals surface area contributed by atoms with Crippen LogP contribution in [0.25, 0.3) is 0 Å². The lowest BCUT2D eigenvalue weighted by molar-refractivity contribution is -0.140. The molecule has 150 valence electrons. The van der Waals surface area contributed by atoms with Gasteiger partial charge in [-0.15, -0.1) is 0 Å². The van der Waals surface area contributed by atoms with E-state index in [0.717, 1.165) is 4.90 Å². The largest absolute Gasteiger partial charge is 0.338 e. The van der Waals surface area contributed by atoms with E-state index < -0.39 is 54.7 Å². The lowest BCUT2D eigenvalue weighted by Gasteiger charge is -2.34. The Morgan fingerprint density at radius 3 is 2.36 bits per heavy atom. The van der Waals surface area contributed by atoms with Crippen LogP contribution in [0.4, 0.5) is 5.95 Å². The Balaban J connectivity index is 1.18. The molecule has 2 amide bonds. The minimum absolute atomic E-state index is 0.0685. The van der Waals surface area contributed by atoms with E-state index in [9.17, 15) is 9.59 Å². The summed E-state index contributed by atoms with van der Waals surface area (Å²) in [6.45, 7) is 0.170. The number of hydrogen-bond acceptors (Lipinski definition) is 6. The van der Waals surface area contributed by atoms with Gasteiger partial charge in [-0.25, -0.2) is 9.97 Å². The van der Waals surface area contributed by atoms with Gasteiger partial charge in [-0.2, -0.15) is 0 Å². The van der Waals surface area contributed by atoms with E-state index in [1.807, 2.05) is 4.90 Å². The number of carbonyl (C=O) groups excluding carboxylic acids is 2. The van der Waals surface area contributed by atoms with Crippen LogP contribution >= 0.6 is 0 Å². The summed E-state index contributed by atoms with van der Waals surface area (Å²) in [6, 6.07) is 0.224. The molecule has 6 atom stereocenters. The molecule has 2 aliphatic heterocycles. The molecule has 7 nitrogen and oxygen atoms in total. The molecule has 4 fully saturated rings. The molecule has 2 bridgehead atoms. The van der Waals surface area contributed by atoms with Crippen LogP contribution in [0.5, 0.6) is 0 Å². The number of imide groups is 1. The third kappa shape index (κ3) is 3.09. The first-order chi connectivity index (χ1) is 16.4. The highest BCUT2D eigenvalue weighted by Gasteiger charge is 2.60. The monoisotopic (exact) mass is 390 g/mol. The normalized spacial score (nSPS) is 47.1. The summed E-state index contributed by atoms with van der Waals surface area (Å²) in [5.41, 5.74) is 0. The average Bonchev–Trinajstić information content (AvgIpc) is 3.32. The van der Waals surface area contributed by atoms with Crippen molar-refractivity contribution in [3.8, 4) is 0 Å². The Morgan fingerprint density at radius 2 is 1.71 bits per heavy atom. The molecule has 3 heterocycles. The number of hydrogen-bond donors (Lipinski definition) is 0. The Labute approximate surface area is 175 Å². The van der Waals surface area contributed by atoms with Crippen molar-refractivity contribution in [1.82, 2.24) is 19.8 Å². The van der Waals surface area contributed by atoms with Crippen LogP contribution in [-0.2, 0) is 9.59 Å². The van der Waals surface area contributed by atoms with E-state index in [1.165, 1.54) is 12.4 Å². The van der Waals surface area contributed by atoms with Crippen molar-refractivity contribution in [3.05, 3.63) is 18.4 Å². The molecular weight excluding hydrogens is 354 g/mol. The molecule has 1 aromatic rings. The molecule has 0 radical (unpaired) electrons. The summed E-state index contributed by atoms with van der Waals surface area (Å²) in [7, 11) is 0. The molecule has 4 aliphatic rings. The van der Waals surface area contributed by atoms with Gasteiger partial charge < -0.3 is 4.90 Å². The molecule has 2 saturated carbocycles. The van der Waals surface area contributed by atoms with Gasteiger partial charge in [0.2, 0.25) is 17.8 Å². The number of fused-ring (bicyclic) bond motifs is 5. The number of piperazine rings is 1. The van der Waals surface area contributed by atoms with Crippen molar-refractivity contribution in [2.45, 2.75) is 32.1 Å². The number of carbonyl (C=O) groups is 2. The van der Waals surface area contributed by atoms with Crippen LogP contribution < -0.4 is 4.90 Å². The van der Waals surface area contributed by atoms with Gasteiger partial charge in [0.1, 0.15) is 0 Å². The highest BCUT2D eigenvalue weighted by Crippen LogP contribution is 2.56. The Morgan fingerprint density at radius 1 is 1.07 bits per heavy atom. The van der Waals surface area contributed by atoms with Gasteiger partial charge in [-0.3, -0.25) is 19.4 Å². The SMILES string of the molecule is [2H]c1cnc(N2CCN(C([2H])([2H])CCCN3C(=O)[C@@]4([2H])[C@@H]5C[C@@H](C([2H])C5[2H])[C@@]4([2H])C3=O)CC2)nc1. The van der Waals surface area contributed by atoms with Crippen LogP contribution in [0.2, 0.25) is 0 Å². The van der Waals surface area contributed by atoms with Crippen LogP contribution in [0.3, 0.4) is 0 Å². The van der Waals surface area contributed by atoms with E-state index in [0.29, 0.717) is 32.1 Å². The van der Waals surface area contributed by atoms with Crippen LogP contribution in [0, 0.1) is 23.6 Å². The minimum Gasteiger partial charge on any atom is -0.338 e. The number of likely N-dealkylation sites (tertiary alicyclic amines) is 1. The zero-order chi connectivity index (χ0) is 25.3. The smallest absolute Gasteiger partial charge is 0.233 e. The third-order valence-electron chi connectivity index (χ3n) is 6.03. The number of aromatic nitrogens is 2. The zero-order valence-electron chi connectivity index (χ0n) is 22.7. The predicted octanol–water partition coefficient (Wildman–Crippen LogP) is 1.41. The molecule has 7 heteroatoms. The summed E-state index contributed by atoms with van der Waals surface area (Å²) in [5, 5.41) is 0. The topological polar surface area (TPSA) is 69.6 Å². The van der Waals surface area contributed by atoms with Gasteiger partial charge in [0.15, 0.2) is 0 Å². The van der Waals surface area contributed by atoms with E-state index in [2.05, 4.69) is 9.97 Å². The minimum atomic E-state index is -2.02. The maximum Gasteiger partial charge on any atom is 0.233 e. The van der Waals surface area contributed by atoms with E-state index in [1.54, 1.807) is 4.90 Å². The molecular formula is C21H29N5O2. The number of amides is 2. The molecule has 0 aromatic carbocycles. The summed E-state index contributed by atoms with van der Waals surface area (Å²) in [5.74, 6) is -6.65. The molecule has 2 saturated heterocycles. The first kappa shape index (κ1) is 11.9. The van der Waals surface area contributed by atoms with Gasteiger partial charge >= 0.3 is 0 Å². The second-order valence-electron chi connectivity index (χ2n) is 7.64. The fraction of sp³-hybridized carbons (Fsp3) is 0.714. The molecule has 0 N–H and O–H groups in total. The second kappa shape index (κ2) is 7.43. The average molecular weight is 391 g/mol. The zero-order valence-corrected chi connectivity index (χ0v) is 15.7. The highest BCUT2D eigenvalue weighted by atomic mass is 16.2. The quantitative estimate of drug-likeness (QED) is 0.684. The lowest BCUT2D eigenvalue weighted by atomic mass is 9.81. The summed E-state index contributed by atoms with van der Waals surface area (Å²) >= 11 is 0. The van der Waals surface area contributed by atoms with Gasteiger partial charge in [0.25, 0.3) is 0 Å². The third-order valence-corrected chi connectivity index (χ3v) is 6.03. The molecule has 2 aliphatic carbocycles. The van der Waals surface area contributed by atoms with Gasteiger partial charge in [0, 0.05) is 53.3 Å². The Hall–Kier alpha value is -2.02. The number of rotatable bonds is 6. The first-order valence-corrected chi connectivity index (χ1v) is 9.92. The Bertz CT molecular complexity index is 986. The predicted molar refractivity (Wildman–Crippen MR) is 104 cm³/mol. The van der Waals surface area contributed by atoms with Gasteiger partial charge in [-0.1, -0.05) is 0 Å². The van der Waals surface area contributed by atoms with Crippen molar-refractivity contribution in [2.75, 3.05) is 44.1 Å². The first-order valence-electron chi connectivity index (χ1n) is 13.6. The van der Waals surface area contributed by atoms with Crippen LogP contribution in [0.1, 0.15) is 41.7 Å². The lowest BCUT2D eigenvalue weighted by Crippen LogP contribution is -2.47. The number of nitrogens with zero attached hydrogens (tertiary/aromatic N) is 5. The maximum absolute atomic E-state index is 13.1. The molecule has 1 aromatic heterocycles.